The summed E-state index contributed by atoms with van der Waals surface area (Å²) in [5.41, 5.74) is 10.3. The van der Waals surface area contributed by atoms with E-state index in [1.165, 1.54) is 11.1 Å². The minimum atomic E-state index is -0.682. The van der Waals surface area contributed by atoms with E-state index in [-0.39, 0.29) is 0 Å². The first kappa shape index (κ1) is 24.1. The number of aryl methyl sites for hydroxylation is 1. The Hall–Kier alpha value is -4.06. The summed E-state index contributed by atoms with van der Waals surface area (Å²) in [4.78, 5) is 29.4. The van der Waals surface area contributed by atoms with Gasteiger partial charge >= 0.3 is 6.09 Å². The van der Waals surface area contributed by atoms with Crippen molar-refractivity contribution in [3.8, 4) is 0 Å². The molecule has 6 heteroatoms. The van der Waals surface area contributed by atoms with Crippen LogP contribution in [0, 0.1) is 6.92 Å². The molecule has 3 N–H and O–H groups in total. The van der Waals surface area contributed by atoms with E-state index in [9.17, 15) is 9.59 Å². The number of nitrogens with one attached hydrogen (secondary N) is 1. The van der Waals surface area contributed by atoms with Crippen molar-refractivity contribution < 1.29 is 14.3 Å². The van der Waals surface area contributed by atoms with Crippen LogP contribution < -0.4 is 5.73 Å². The zero-order valence-electron chi connectivity index (χ0n) is 20.2. The van der Waals surface area contributed by atoms with Crippen molar-refractivity contribution in [1.29, 1.82) is 0 Å². The number of nitrogens with zero attached hydrogens (tertiary/aromatic N) is 1. The van der Waals surface area contributed by atoms with Gasteiger partial charge in [-0.3, -0.25) is 4.79 Å². The van der Waals surface area contributed by atoms with Crippen molar-refractivity contribution in [3.05, 3.63) is 107 Å². The molecule has 35 heavy (non-hydrogen) atoms. The summed E-state index contributed by atoms with van der Waals surface area (Å²) in [6, 6.07) is 26.4. The number of amides is 2. The lowest BCUT2D eigenvalue weighted by molar-refractivity contribution is -0.121. The predicted molar refractivity (Wildman–Crippen MR) is 138 cm³/mol. The van der Waals surface area contributed by atoms with E-state index >= 15 is 0 Å². The number of ether oxygens (including phenoxy) is 1. The Labute approximate surface area is 205 Å². The summed E-state index contributed by atoms with van der Waals surface area (Å²) in [6.07, 6.45) is 2.18. The predicted octanol–water partition coefficient (Wildman–Crippen LogP) is 5.10. The topological polar surface area (TPSA) is 88.4 Å². The fourth-order valence-corrected chi connectivity index (χ4v) is 4.54. The highest BCUT2D eigenvalue weighted by molar-refractivity contribution is 5.83. The second kappa shape index (κ2) is 10.5. The van der Waals surface area contributed by atoms with Gasteiger partial charge in [-0.15, -0.1) is 0 Å². The Bertz CT molecular complexity index is 1300. The highest BCUT2D eigenvalue weighted by Gasteiger charge is 2.33. The normalized spacial score (nSPS) is 12.7. The average molecular weight is 470 g/mol. The van der Waals surface area contributed by atoms with Crippen molar-refractivity contribution in [3.63, 3.8) is 0 Å². The van der Waals surface area contributed by atoms with E-state index in [2.05, 4.69) is 55.2 Å². The average Bonchev–Trinajstić information content (AvgIpc) is 3.25. The van der Waals surface area contributed by atoms with Crippen molar-refractivity contribution in [2.45, 2.75) is 32.2 Å². The van der Waals surface area contributed by atoms with E-state index in [0.29, 0.717) is 19.5 Å². The number of hydrogen-bond donors (Lipinski definition) is 2. The number of benzene rings is 3. The maximum absolute atomic E-state index is 13.1. The number of H-pyrrole nitrogens is 1. The number of hydrogen-bond acceptors (Lipinski definition) is 3. The SMILES string of the molecule is Cc1ccc(C(C)(Cc2c[nH]c3ccccc23)CN(Cc2ccccc2)C(=O)OCC(N)=O)cc1. The van der Waals surface area contributed by atoms with Crippen molar-refractivity contribution in [2.75, 3.05) is 13.2 Å². The van der Waals surface area contributed by atoms with Crippen LogP contribution in [-0.2, 0) is 27.9 Å². The highest BCUT2D eigenvalue weighted by Crippen LogP contribution is 2.33. The Morgan fingerprint density at radius 3 is 2.37 bits per heavy atom. The van der Waals surface area contributed by atoms with Crippen molar-refractivity contribution in [2.24, 2.45) is 5.73 Å². The molecule has 180 valence electrons. The lowest BCUT2D eigenvalue weighted by Gasteiger charge is -2.36. The summed E-state index contributed by atoms with van der Waals surface area (Å²) in [7, 11) is 0. The number of primary amides is 1. The molecule has 4 aromatic rings. The first-order valence-corrected chi connectivity index (χ1v) is 11.7. The minimum Gasteiger partial charge on any atom is -0.439 e. The molecule has 1 unspecified atom stereocenters. The van der Waals surface area contributed by atoms with Gasteiger partial charge in [0.05, 0.1) is 0 Å². The number of fused-ring (bicyclic) bond motifs is 1. The number of carbonyl (C=O) groups is 2. The third-order valence-corrected chi connectivity index (χ3v) is 6.36. The zero-order valence-corrected chi connectivity index (χ0v) is 20.2. The third-order valence-electron chi connectivity index (χ3n) is 6.36. The van der Waals surface area contributed by atoms with Crippen LogP contribution in [0.1, 0.15) is 29.2 Å². The van der Waals surface area contributed by atoms with Crippen LogP contribution in [0.2, 0.25) is 0 Å². The number of nitrogens with two attached hydrogens (primary N) is 1. The number of aromatic nitrogens is 1. The Kier molecular flexibility index (Phi) is 7.20. The molecule has 0 radical (unpaired) electrons. The van der Waals surface area contributed by atoms with Crippen LogP contribution in [-0.4, -0.2) is 35.0 Å². The molecule has 0 saturated carbocycles. The van der Waals surface area contributed by atoms with E-state index in [1.807, 2.05) is 48.7 Å². The van der Waals surface area contributed by atoms with E-state index in [0.717, 1.165) is 22.0 Å². The van der Waals surface area contributed by atoms with Crippen molar-refractivity contribution >= 4 is 22.9 Å². The van der Waals surface area contributed by atoms with Gasteiger partial charge < -0.3 is 20.4 Å². The van der Waals surface area contributed by atoms with Gasteiger partial charge in [-0.1, -0.05) is 85.3 Å². The molecule has 0 bridgehead atoms. The fraction of sp³-hybridized carbons (Fsp3) is 0.241. The maximum Gasteiger partial charge on any atom is 0.410 e. The molecule has 1 atom stereocenters. The molecule has 2 amide bonds. The summed E-state index contributed by atoms with van der Waals surface area (Å²) < 4.78 is 5.25. The first-order valence-electron chi connectivity index (χ1n) is 11.7. The van der Waals surface area contributed by atoms with Gasteiger partial charge in [0.25, 0.3) is 5.91 Å². The monoisotopic (exact) mass is 469 g/mol. The standard InChI is InChI=1S/C29H31N3O3/c1-21-12-14-24(15-13-21)29(2,16-23-17-31-26-11-7-6-10-25(23)26)20-32(28(34)35-19-27(30)33)18-22-8-4-3-5-9-22/h3-15,17,31H,16,18-20H2,1-2H3,(H2,30,33). The Balaban J connectivity index is 1.71. The second-order valence-corrected chi connectivity index (χ2v) is 9.33. The molecule has 0 aliphatic carbocycles. The van der Waals surface area contributed by atoms with E-state index < -0.39 is 24.0 Å². The molecule has 0 spiro atoms. The van der Waals surface area contributed by atoms with Crippen molar-refractivity contribution in [1.82, 2.24) is 9.88 Å². The van der Waals surface area contributed by atoms with Gasteiger partial charge in [-0.2, -0.15) is 0 Å². The molecule has 0 aliphatic heterocycles. The molecule has 1 aromatic heterocycles. The summed E-state index contributed by atoms with van der Waals surface area (Å²) in [5.74, 6) is -0.682. The fourth-order valence-electron chi connectivity index (χ4n) is 4.54. The number of carbonyl (C=O) groups excluding carboxylic acids is 2. The molecular weight excluding hydrogens is 438 g/mol. The smallest absolute Gasteiger partial charge is 0.410 e. The lowest BCUT2D eigenvalue weighted by atomic mass is 9.76. The van der Waals surface area contributed by atoms with Crippen LogP contribution in [0.4, 0.5) is 4.79 Å². The van der Waals surface area contributed by atoms with Crippen LogP contribution in [0.3, 0.4) is 0 Å². The highest BCUT2D eigenvalue weighted by atomic mass is 16.6. The van der Waals surface area contributed by atoms with E-state index in [4.69, 9.17) is 10.5 Å². The molecule has 3 aromatic carbocycles. The van der Waals surface area contributed by atoms with Crippen LogP contribution in [0.5, 0.6) is 0 Å². The van der Waals surface area contributed by atoms with Gasteiger partial charge in [-0.05, 0) is 36.1 Å². The molecule has 6 nitrogen and oxygen atoms in total. The third kappa shape index (κ3) is 5.90. The van der Waals surface area contributed by atoms with Gasteiger partial charge in [0, 0.05) is 35.6 Å². The van der Waals surface area contributed by atoms with Gasteiger partial charge in [0.1, 0.15) is 0 Å². The van der Waals surface area contributed by atoms with Gasteiger partial charge in [0.15, 0.2) is 6.61 Å². The van der Waals surface area contributed by atoms with Gasteiger partial charge in [-0.25, -0.2) is 4.79 Å². The number of aromatic amines is 1. The van der Waals surface area contributed by atoms with E-state index in [1.54, 1.807) is 4.90 Å². The van der Waals surface area contributed by atoms with Crippen LogP contribution in [0.15, 0.2) is 85.1 Å². The Morgan fingerprint density at radius 1 is 0.971 bits per heavy atom. The van der Waals surface area contributed by atoms with Gasteiger partial charge in [0.2, 0.25) is 0 Å². The number of para-hydroxylation sites is 1. The molecule has 0 aliphatic rings. The molecule has 0 fully saturated rings. The zero-order chi connectivity index (χ0) is 24.8. The molecule has 0 saturated heterocycles. The van der Waals surface area contributed by atoms with Crippen LogP contribution in [0.25, 0.3) is 10.9 Å². The number of rotatable bonds is 9. The second-order valence-electron chi connectivity index (χ2n) is 9.33. The summed E-state index contributed by atoms with van der Waals surface area (Å²) >= 11 is 0. The summed E-state index contributed by atoms with van der Waals surface area (Å²) in [5, 5.41) is 1.16. The van der Waals surface area contributed by atoms with Crippen LogP contribution >= 0.6 is 0 Å². The largest absolute Gasteiger partial charge is 0.439 e. The molecule has 1 heterocycles. The minimum absolute atomic E-state index is 0.355. The lowest BCUT2D eigenvalue weighted by Crippen LogP contribution is -2.44. The maximum atomic E-state index is 13.1. The first-order chi connectivity index (χ1) is 16.8. The summed E-state index contributed by atoms with van der Waals surface area (Å²) in [6.45, 7) is 4.52. The molecular formula is C29H31N3O3. The quantitative estimate of drug-likeness (QED) is 0.357. The molecule has 4 rings (SSSR count). The Morgan fingerprint density at radius 2 is 1.66 bits per heavy atom.